The van der Waals surface area contributed by atoms with Crippen LogP contribution in [0.25, 0.3) is 0 Å². The Balaban J connectivity index is 1.41. The molecule has 0 saturated carbocycles. The summed E-state index contributed by atoms with van der Waals surface area (Å²) in [7, 11) is 0. The molecule has 33 heavy (non-hydrogen) atoms. The van der Waals surface area contributed by atoms with Crippen LogP contribution in [-0.4, -0.2) is 36.1 Å². The summed E-state index contributed by atoms with van der Waals surface area (Å²) in [6.45, 7) is 0.778. The number of anilines is 1. The molecule has 8 nitrogen and oxygen atoms in total. The van der Waals surface area contributed by atoms with Gasteiger partial charge in [0.25, 0.3) is 0 Å². The number of imide groups is 1. The first kappa shape index (κ1) is 22.1. The van der Waals surface area contributed by atoms with Gasteiger partial charge in [-0.25, -0.2) is 4.79 Å². The van der Waals surface area contributed by atoms with Gasteiger partial charge in [-0.1, -0.05) is 18.2 Å². The third-order valence-electron chi connectivity index (χ3n) is 5.62. The summed E-state index contributed by atoms with van der Waals surface area (Å²) >= 11 is 0. The van der Waals surface area contributed by atoms with E-state index in [2.05, 4.69) is 0 Å². The molecule has 4 rings (SSSR count). The van der Waals surface area contributed by atoms with Crippen molar-refractivity contribution in [1.82, 2.24) is 0 Å². The van der Waals surface area contributed by atoms with Crippen molar-refractivity contribution >= 4 is 35.2 Å². The molecule has 2 aliphatic rings. The molecule has 1 aliphatic carbocycles. The summed E-state index contributed by atoms with van der Waals surface area (Å²) in [5.41, 5.74) is 0.720. The molecule has 1 saturated heterocycles. The van der Waals surface area contributed by atoms with Crippen LogP contribution in [0.3, 0.4) is 0 Å². The lowest BCUT2D eigenvalue weighted by atomic mass is 9.85. The highest BCUT2D eigenvalue weighted by Gasteiger charge is 2.47. The molecule has 1 heterocycles. The smallest absolute Gasteiger partial charge is 0.338 e. The molecule has 1 fully saturated rings. The van der Waals surface area contributed by atoms with Crippen LogP contribution in [0.5, 0.6) is 5.75 Å². The lowest BCUT2D eigenvalue weighted by molar-refractivity contribution is -0.132. The van der Waals surface area contributed by atoms with Crippen LogP contribution in [0.2, 0.25) is 0 Å². The molecule has 0 aromatic heterocycles. The number of esters is 2. The number of carbonyl (C=O) groups excluding carboxylic acids is 5. The van der Waals surface area contributed by atoms with Gasteiger partial charge in [0.05, 0.1) is 23.1 Å². The Morgan fingerprint density at radius 2 is 1.55 bits per heavy atom. The molecule has 2 amide bonds. The maximum atomic E-state index is 12.8. The molecule has 2 atom stereocenters. The van der Waals surface area contributed by atoms with Gasteiger partial charge in [0, 0.05) is 12.5 Å². The number of carbonyl (C=O) groups is 5. The van der Waals surface area contributed by atoms with Crippen LogP contribution in [0.1, 0.15) is 40.5 Å². The molecule has 168 valence electrons. The van der Waals surface area contributed by atoms with Gasteiger partial charge in [0.2, 0.25) is 11.8 Å². The Morgan fingerprint density at radius 1 is 0.909 bits per heavy atom. The van der Waals surface area contributed by atoms with Gasteiger partial charge in [-0.2, -0.15) is 0 Å². The van der Waals surface area contributed by atoms with E-state index >= 15 is 0 Å². The SMILES string of the molecule is CC(=O)Oc1ccc(C(=O)COC(=O)c2cccc(N3C(=O)[C@@H]4CC=CC[C@H]4C3=O)c2)cc1. The van der Waals surface area contributed by atoms with E-state index < -0.39 is 24.3 Å². The molecule has 2 aromatic carbocycles. The Bertz CT molecular complexity index is 1140. The minimum atomic E-state index is -0.750. The predicted molar refractivity (Wildman–Crippen MR) is 117 cm³/mol. The Kier molecular flexibility index (Phi) is 6.17. The minimum absolute atomic E-state index is 0.124. The highest BCUT2D eigenvalue weighted by Crippen LogP contribution is 2.37. The number of benzene rings is 2. The lowest BCUT2D eigenvalue weighted by Gasteiger charge is -2.15. The summed E-state index contributed by atoms with van der Waals surface area (Å²) in [5, 5.41) is 0. The molecule has 0 radical (unpaired) electrons. The van der Waals surface area contributed by atoms with Crippen molar-refractivity contribution in [3.8, 4) is 5.75 Å². The number of rotatable bonds is 6. The van der Waals surface area contributed by atoms with Crippen molar-refractivity contribution in [3.05, 3.63) is 71.8 Å². The largest absolute Gasteiger partial charge is 0.454 e. The van der Waals surface area contributed by atoms with Crippen LogP contribution in [0.15, 0.2) is 60.7 Å². The van der Waals surface area contributed by atoms with Gasteiger partial charge in [-0.15, -0.1) is 0 Å². The zero-order valence-corrected chi connectivity index (χ0v) is 17.9. The number of Topliss-reactive ketones (excluding diaryl/α,β-unsaturated/α-hetero) is 1. The summed E-state index contributed by atoms with van der Waals surface area (Å²) in [6.07, 6.45) is 4.87. The quantitative estimate of drug-likeness (QED) is 0.220. The number of fused-ring (bicyclic) bond motifs is 1. The number of ether oxygens (including phenoxy) is 2. The number of ketones is 1. The van der Waals surface area contributed by atoms with E-state index in [-0.39, 0.29) is 34.8 Å². The third-order valence-corrected chi connectivity index (χ3v) is 5.62. The number of amides is 2. The van der Waals surface area contributed by atoms with Crippen molar-refractivity contribution < 1.29 is 33.4 Å². The number of hydrogen-bond acceptors (Lipinski definition) is 7. The first-order valence-corrected chi connectivity index (χ1v) is 10.5. The average Bonchev–Trinajstić information content (AvgIpc) is 3.07. The maximum Gasteiger partial charge on any atom is 0.338 e. The molecule has 0 bridgehead atoms. The van der Waals surface area contributed by atoms with E-state index in [4.69, 9.17) is 9.47 Å². The first-order chi connectivity index (χ1) is 15.8. The second kappa shape index (κ2) is 9.20. The van der Waals surface area contributed by atoms with Gasteiger partial charge in [0.15, 0.2) is 12.4 Å². The van der Waals surface area contributed by atoms with Crippen LogP contribution in [-0.2, 0) is 19.1 Å². The molecule has 0 unspecified atom stereocenters. The molecule has 0 spiro atoms. The molecule has 2 aromatic rings. The van der Waals surface area contributed by atoms with Crippen molar-refractivity contribution in [2.75, 3.05) is 11.5 Å². The molecular weight excluding hydrogens is 426 g/mol. The van der Waals surface area contributed by atoms with E-state index in [9.17, 15) is 24.0 Å². The normalized spacial score (nSPS) is 19.2. The Labute approximate surface area is 189 Å². The van der Waals surface area contributed by atoms with E-state index in [0.717, 1.165) is 4.90 Å². The standard InChI is InChI=1S/C25H21NO7/c1-15(27)33-19-11-9-16(10-12-19)22(28)14-32-25(31)17-5-4-6-18(13-17)26-23(29)20-7-2-3-8-21(20)24(26)30/h2-6,9-13,20-21H,7-8,14H2,1H3/t20-,21-/m1/s1. The van der Waals surface area contributed by atoms with Crippen molar-refractivity contribution in [2.45, 2.75) is 19.8 Å². The summed E-state index contributed by atoms with van der Waals surface area (Å²) < 4.78 is 10.0. The highest BCUT2D eigenvalue weighted by molar-refractivity contribution is 6.22. The summed E-state index contributed by atoms with van der Waals surface area (Å²) in [6, 6.07) is 11.9. The second-order valence-electron chi connectivity index (χ2n) is 7.84. The molecule has 1 aliphatic heterocycles. The van der Waals surface area contributed by atoms with Crippen LogP contribution in [0.4, 0.5) is 5.69 Å². The van der Waals surface area contributed by atoms with Crippen LogP contribution in [0, 0.1) is 11.8 Å². The van der Waals surface area contributed by atoms with Crippen molar-refractivity contribution in [1.29, 1.82) is 0 Å². The zero-order chi connectivity index (χ0) is 23.5. The number of nitrogens with zero attached hydrogens (tertiary/aromatic N) is 1. The highest BCUT2D eigenvalue weighted by atomic mass is 16.5. The summed E-state index contributed by atoms with van der Waals surface area (Å²) in [5.74, 6) is -2.65. The fourth-order valence-electron chi connectivity index (χ4n) is 4.00. The summed E-state index contributed by atoms with van der Waals surface area (Å²) in [4.78, 5) is 62.5. The minimum Gasteiger partial charge on any atom is -0.454 e. The Hall–Kier alpha value is -4.07. The number of hydrogen-bond donors (Lipinski definition) is 0. The average molecular weight is 447 g/mol. The first-order valence-electron chi connectivity index (χ1n) is 10.5. The molecule has 0 N–H and O–H groups in total. The fraction of sp³-hybridized carbons (Fsp3) is 0.240. The number of allylic oxidation sites excluding steroid dienone is 2. The van der Waals surface area contributed by atoms with Crippen molar-refractivity contribution in [2.24, 2.45) is 11.8 Å². The van der Waals surface area contributed by atoms with Crippen LogP contribution < -0.4 is 9.64 Å². The van der Waals surface area contributed by atoms with Gasteiger partial charge in [-0.3, -0.25) is 24.1 Å². The van der Waals surface area contributed by atoms with Gasteiger partial charge < -0.3 is 9.47 Å². The Morgan fingerprint density at radius 3 is 2.15 bits per heavy atom. The zero-order valence-electron chi connectivity index (χ0n) is 17.9. The topological polar surface area (TPSA) is 107 Å². The van der Waals surface area contributed by atoms with E-state index in [1.165, 1.54) is 43.3 Å². The molecular formula is C25H21NO7. The lowest BCUT2D eigenvalue weighted by Crippen LogP contribution is -2.31. The predicted octanol–water partition coefficient (Wildman–Crippen LogP) is 3.11. The van der Waals surface area contributed by atoms with Crippen LogP contribution >= 0.6 is 0 Å². The fourth-order valence-corrected chi connectivity index (χ4v) is 4.00. The van der Waals surface area contributed by atoms with Gasteiger partial charge >= 0.3 is 11.9 Å². The van der Waals surface area contributed by atoms with Gasteiger partial charge in [-0.05, 0) is 55.3 Å². The monoisotopic (exact) mass is 447 g/mol. The second-order valence-corrected chi connectivity index (χ2v) is 7.84. The molecule has 8 heteroatoms. The third kappa shape index (κ3) is 4.59. The van der Waals surface area contributed by atoms with E-state index in [0.29, 0.717) is 24.3 Å². The maximum absolute atomic E-state index is 12.8. The van der Waals surface area contributed by atoms with E-state index in [1.54, 1.807) is 12.1 Å². The van der Waals surface area contributed by atoms with E-state index in [1.807, 2.05) is 12.2 Å². The van der Waals surface area contributed by atoms with Crippen molar-refractivity contribution in [3.63, 3.8) is 0 Å². The van der Waals surface area contributed by atoms with Gasteiger partial charge in [0.1, 0.15) is 5.75 Å².